The van der Waals surface area contributed by atoms with E-state index in [0.29, 0.717) is 10.5 Å². The third kappa shape index (κ3) is 3.09. The van der Waals surface area contributed by atoms with Crippen molar-refractivity contribution in [3.63, 3.8) is 0 Å². The second-order valence-corrected chi connectivity index (χ2v) is 4.54. The number of nitrogens with zero attached hydrogens (tertiary/aromatic N) is 1. The van der Waals surface area contributed by atoms with Crippen molar-refractivity contribution in [1.29, 1.82) is 0 Å². The van der Waals surface area contributed by atoms with Crippen LogP contribution in [0.4, 0.5) is 0 Å². The molecule has 1 aromatic carbocycles. The first kappa shape index (κ1) is 14.4. The van der Waals surface area contributed by atoms with Gasteiger partial charge in [-0.1, -0.05) is 23.7 Å². The molecule has 2 rings (SSSR count). The fraction of sp³-hybridized carbons (Fsp3) is 0.0769. The maximum atomic E-state index is 11.0. The fourth-order valence-corrected chi connectivity index (χ4v) is 1.79. The highest BCUT2D eigenvalue weighted by Gasteiger charge is 2.23. The van der Waals surface area contributed by atoms with Crippen molar-refractivity contribution in [2.75, 3.05) is 0 Å². The van der Waals surface area contributed by atoms with E-state index < -0.39 is 13.1 Å². The molecule has 7 heteroatoms. The topological polar surface area (TPSA) is 79.7 Å². The molecule has 1 heterocycles. The van der Waals surface area contributed by atoms with Crippen LogP contribution in [0, 0.1) is 6.92 Å². The molecular weight excluding hydrogens is 280 g/mol. The average Bonchev–Trinajstić information content (AvgIpc) is 2.42. The summed E-state index contributed by atoms with van der Waals surface area (Å²) in [5.74, 6) is -1.24. The summed E-state index contributed by atoms with van der Waals surface area (Å²) < 4.78 is 5.24. The van der Waals surface area contributed by atoms with Crippen LogP contribution in [-0.2, 0) is 0 Å². The van der Waals surface area contributed by atoms with Gasteiger partial charge in [0.2, 0.25) is 0 Å². The number of aryl methyl sites for hydroxylation is 1. The maximum absolute atomic E-state index is 11.0. The lowest BCUT2D eigenvalue weighted by Gasteiger charge is -2.12. The number of hydrogen-bond acceptors (Lipinski definition) is 4. The minimum Gasteiger partial charge on any atom is -0.531 e. The molecule has 2 N–H and O–H groups in total. The van der Waals surface area contributed by atoms with E-state index in [1.165, 1.54) is 18.3 Å². The van der Waals surface area contributed by atoms with Crippen LogP contribution in [0.5, 0.6) is 5.75 Å². The molecule has 0 bridgehead atoms. The number of aromatic carboxylic acids is 1. The molecule has 0 amide bonds. The molecular formula is C13H11BClNO4. The highest BCUT2D eigenvalue weighted by Crippen LogP contribution is 2.17. The van der Waals surface area contributed by atoms with Crippen LogP contribution in [0.3, 0.4) is 0 Å². The highest BCUT2D eigenvalue weighted by atomic mass is 35.5. The molecule has 0 fully saturated rings. The average molecular weight is 291 g/mol. The van der Waals surface area contributed by atoms with Gasteiger partial charge in [-0.15, -0.1) is 0 Å². The van der Waals surface area contributed by atoms with Crippen LogP contribution >= 0.6 is 11.6 Å². The molecule has 20 heavy (non-hydrogen) atoms. The lowest BCUT2D eigenvalue weighted by Crippen LogP contribution is -2.37. The summed E-state index contributed by atoms with van der Waals surface area (Å²) >= 11 is 5.97. The Labute approximate surface area is 120 Å². The standard InChI is InChI=1S/C13H11BClNO4/c1-8-4-5-9(7-10(8)15)14(19)20-11-3-2-6-16-12(11)13(17)18/h2-7,19H,1H3,(H,17,18). The van der Waals surface area contributed by atoms with E-state index in [0.717, 1.165) is 5.56 Å². The highest BCUT2D eigenvalue weighted by molar-refractivity contribution is 6.61. The SMILES string of the molecule is Cc1ccc(B(O)Oc2cccnc2C(=O)O)cc1Cl. The van der Waals surface area contributed by atoms with E-state index >= 15 is 0 Å². The molecule has 0 saturated carbocycles. The number of carboxylic acid groups (broad SMARTS) is 1. The van der Waals surface area contributed by atoms with Crippen LogP contribution in [0.1, 0.15) is 16.1 Å². The normalized spacial score (nSPS) is 10.2. The Morgan fingerprint density at radius 3 is 2.80 bits per heavy atom. The van der Waals surface area contributed by atoms with Crippen LogP contribution in [0.2, 0.25) is 5.02 Å². The lowest BCUT2D eigenvalue weighted by atomic mass is 9.79. The maximum Gasteiger partial charge on any atom is 0.560 e. The van der Waals surface area contributed by atoms with Crippen molar-refractivity contribution in [2.24, 2.45) is 0 Å². The first-order chi connectivity index (χ1) is 9.49. The number of pyridine rings is 1. The van der Waals surface area contributed by atoms with Gasteiger partial charge >= 0.3 is 13.1 Å². The summed E-state index contributed by atoms with van der Waals surface area (Å²) in [6.45, 7) is 1.84. The van der Waals surface area contributed by atoms with Crippen LogP contribution in [-0.4, -0.2) is 28.2 Å². The number of halogens is 1. The van der Waals surface area contributed by atoms with Gasteiger partial charge in [0, 0.05) is 11.2 Å². The van der Waals surface area contributed by atoms with Gasteiger partial charge in [0.15, 0.2) is 5.69 Å². The number of rotatable bonds is 4. The van der Waals surface area contributed by atoms with Crippen molar-refractivity contribution >= 4 is 30.2 Å². The minimum atomic E-state index is -1.32. The second-order valence-electron chi connectivity index (χ2n) is 4.13. The van der Waals surface area contributed by atoms with E-state index in [2.05, 4.69) is 4.98 Å². The summed E-state index contributed by atoms with van der Waals surface area (Å²) in [5, 5.41) is 19.5. The van der Waals surface area contributed by atoms with Crippen molar-refractivity contribution < 1.29 is 19.6 Å². The summed E-state index contributed by atoms with van der Waals surface area (Å²) in [7, 11) is -1.32. The third-order valence-corrected chi connectivity index (χ3v) is 3.10. The number of carbonyl (C=O) groups is 1. The van der Waals surface area contributed by atoms with Gasteiger partial charge in [0.1, 0.15) is 5.75 Å². The van der Waals surface area contributed by atoms with Gasteiger partial charge in [0.05, 0.1) is 0 Å². The van der Waals surface area contributed by atoms with Crippen molar-refractivity contribution in [3.05, 3.63) is 52.8 Å². The van der Waals surface area contributed by atoms with E-state index in [1.54, 1.807) is 18.2 Å². The summed E-state index contributed by atoms with van der Waals surface area (Å²) in [6, 6.07) is 7.92. The monoisotopic (exact) mass is 291 g/mol. The first-order valence-electron chi connectivity index (χ1n) is 5.78. The lowest BCUT2D eigenvalue weighted by molar-refractivity contribution is 0.0688. The molecule has 0 saturated heterocycles. The largest absolute Gasteiger partial charge is 0.560 e. The molecule has 0 radical (unpaired) electrons. The zero-order valence-corrected chi connectivity index (χ0v) is 11.3. The molecule has 1 aromatic heterocycles. The molecule has 102 valence electrons. The molecule has 5 nitrogen and oxygen atoms in total. The van der Waals surface area contributed by atoms with Crippen molar-refractivity contribution in [2.45, 2.75) is 6.92 Å². The molecule has 0 unspecified atom stereocenters. The number of carboxylic acids is 1. The Kier molecular flexibility index (Phi) is 4.27. The Bertz CT molecular complexity index is 650. The zero-order valence-electron chi connectivity index (χ0n) is 10.6. The van der Waals surface area contributed by atoms with E-state index in [1.807, 2.05) is 6.92 Å². The number of benzene rings is 1. The van der Waals surface area contributed by atoms with Crippen LogP contribution in [0.25, 0.3) is 0 Å². The Morgan fingerprint density at radius 2 is 2.15 bits per heavy atom. The quantitative estimate of drug-likeness (QED) is 0.835. The van der Waals surface area contributed by atoms with Crippen LogP contribution in [0.15, 0.2) is 36.5 Å². The van der Waals surface area contributed by atoms with Gasteiger partial charge in [-0.3, -0.25) is 0 Å². The molecule has 0 aliphatic rings. The number of aromatic nitrogens is 1. The molecule has 2 aromatic rings. The van der Waals surface area contributed by atoms with Gasteiger partial charge in [-0.05, 0) is 36.1 Å². The Morgan fingerprint density at radius 1 is 1.40 bits per heavy atom. The van der Waals surface area contributed by atoms with Crippen molar-refractivity contribution in [3.8, 4) is 5.75 Å². The Balaban J connectivity index is 2.25. The first-order valence-corrected chi connectivity index (χ1v) is 6.16. The van der Waals surface area contributed by atoms with Gasteiger partial charge in [-0.2, -0.15) is 0 Å². The predicted molar refractivity (Wildman–Crippen MR) is 75.6 cm³/mol. The summed E-state index contributed by atoms with van der Waals surface area (Å²) in [6.07, 6.45) is 1.34. The second kappa shape index (κ2) is 5.94. The molecule has 0 aliphatic heterocycles. The zero-order chi connectivity index (χ0) is 14.7. The summed E-state index contributed by atoms with van der Waals surface area (Å²) in [5.41, 5.74) is 1.04. The fourth-order valence-electron chi connectivity index (χ4n) is 1.60. The van der Waals surface area contributed by atoms with Crippen molar-refractivity contribution in [1.82, 2.24) is 4.98 Å². The minimum absolute atomic E-state index is 0.0100. The molecule has 0 spiro atoms. The van der Waals surface area contributed by atoms with Crippen LogP contribution < -0.4 is 10.1 Å². The van der Waals surface area contributed by atoms with E-state index in [-0.39, 0.29) is 11.4 Å². The van der Waals surface area contributed by atoms with E-state index in [9.17, 15) is 9.82 Å². The predicted octanol–water partition coefficient (Wildman–Crippen LogP) is 1.51. The van der Waals surface area contributed by atoms with Gasteiger partial charge in [-0.25, -0.2) is 9.78 Å². The van der Waals surface area contributed by atoms with Gasteiger partial charge < -0.3 is 14.8 Å². The van der Waals surface area contributed by atoms with E-state index in [4.69, 9.17) is 21.4 Å². The van der Waals surface area contributed by atoms with Gasteiger partial charge in [0.25, 0.3) is 0 Å². The smallest absolute Gasteiger partial charge is 0.531 e. The Hall–Kier alpha value is -2.05. The molecule has 0 atom stereocenters. The summed E-state index contributed by atoms with van der Waals surface area (Å²) in [4.78, 5) is 14.7. The number of hydrogen-bond donors (Lipinski definition) is 2. The third-order valence-electron chi connectivity index (χ3n) is 2.69. The molecule has 0 aliphatic carbocycles.